The van der Waals surface area contributed by atoms with E-state index in [-0.39, 0.29) is 23.2 Å². The summed E-state index contributed by atoms with van der Waals surface area (Å²) in [5.74, 6) is -0.866. The average Bonchev–Trinajstić information content (AvgIpc) is 2.59. The Morgan fingerprint density at radius 1 is 1.12 bits per heavy atom. The maximum absolute atomic E-state index is 13.0. The molecule has 25 heavy (non-hydrogen) atoms. The third kappa shape index (κ3) is 3.42. The van der Waals surface area contributed by atoms with Gasteiger partial charge < -0.3 is 5.32 Å². The van der Waals surface area contributed by atoms with Gasteiger partial charge in [-0.3, -0.25) is 14.2 Å². The highest BCUT2D eigenvalue weighted by molar-refractivity contribution is 5.94. The molecule has 5 nitrogen and oxygen atoms in total. The number of halogens is 1. The van der Waals surface area contributed by atoms with Crippen molar-refractivity contribution in [1.82, 2.24) is 9.55 Å². The van der Waals surface area contributed by atoms with Crippen LogP contribution in [0.5, 0.6) is 0 Å². The Hall–Kier alpha value is -3.02. The second-order valence-corrected chi connectivity index (χ2v) is 6.16. The van der Waals surface area contributed by atoms with Crippen LogP contribution < -0.4 is 10.9 Å². The normalized spacial score (nSPS) is 12.3. The molecular weight excluding hydrogens is 321 g/mol. The van der Waals surface area contributed by atoms with Crippen molar-refractivity contribution in [2.24, 2.45) is 5.92 Å². The average molecular weight is 339 g/mol. The zero-order chi connectivity index (χ0) is 18.0. The van der Waals surface area contributed by atoms with Gasteiger partial charge in [-0.15, -0.1) is 0 Å². The van der Waals surface area contributed by atoms with Gasteiger partial charge in [0.2, 0.25) is 5.91 Å². The van der Waals surface area contributed by atoms with Crippen molar-refractivity contribution in [1.29, 1.82) is 0 Å². The van der Waals surface area contributed by atoms with Crippen LogP contribution in [0.25, 0.3) is 10.9 Å². The van der Waals surface area contributed by atoms with Crippen molar-refractivity contribution < 1.29 is 9.18 Å². The fourth-order valence-corrected chi connectivity index (χ4v) is 2.78. The highest BCUT2D eigenvalue weighted by atomic mass is 19.1. The topological polar surface area (TPSA) is 64.0 Å². The zero-order valence-corrected chi connectivity index (χ0v) is 13.9. The Kier molecular flexibility index (Phi) is 4.61. The first kappa shape index (κ1) is 16.8. The first-order chi connectivity index (χ1) is 12.0. The Morgan fingerprint density at radius 2 is 1.80 bits per heavy atom. The smallest absolute Gasteiger partial charge is 0.261 e. The van der Waals surface area contributed by atoms with Crippen LogP contribution in [0.3, 0.4) is 0 Å². The van der Waals surface area contributed by atoms with Crippen LogP contribution in [0.15, 0.2) is 59.7 Å². The third-order valence-electron chi connectivity index (χ3n) is 4.00. The number of nitrogens with zero attached hydrogens (tertiary/aromatic N) is 2. The predicted octanol–water partition coefficient (Wildman–Crippen LogP) is 3.37. The minimum Gasteiger partial charge on any atom is -0.324 e. The van der Waals surface area contributed by atoms with E-state index in [0.29, 0.717) is 16.6 Å². The minimum atomic E-state index is -0.727. The number of carbonyl (C=O) groups is 1. The summed E-state index contributed by atoms with van der Waals surface area (Å²) >= 11 is 0. The molecule has 0 unspecified atom stereocenters. The van der Waals surface area contributed by atoms with Gasteiger partial charge in [0.05, 0.1) is 17.2 Å². The number of amides is 1. The van der Waals surface area contributed by atoms with E-state index in [1.807, 2.05) is 13.8 Å². The molecule has 1 aromatic heterocycles. The van der Waals surface area contributed by atoms with Crippen molar-refractivity contribution >= 4 is 22.5 Å². The lowest BCUT2D eigenvalue weighted by Gasteiger charge is -2.22. The largest absolute Gasteiger partial charge is 0.324 e. The lowest BCUT2D eigenvalue weighted by molar-refractivity contribution is -0.120. The molecular formula is C19H18FN3O2. The second-order valence-electron chi connectivity index (χ2n) is 6.16. The zero-order valence-electron chi connectivity index (χ0n) is 13.9. The molecule has 0 saturated heterocycles. The monoisotopic (exact) mass is 339 g/mol. The number of aromatic nitrogens is 2. The number of fused-ring (bicyclic) bond motifs is 1. The van der Waals surface area contributed by atoms with E-state index in [4.69, 9.17) is 0 Å². The highest BCUT2D eigenvalue weighted by Crippen LogP contribution is 2.20. The molecule has 1 atom stereocenters. The summed E-state index contributed by atoms with van der Waals surface area (Å²) in [6.07, 6.45) is 1.40. The number of nitrogens with one attached hydrogen (secondary N) is 1. The Morgan fingerprint density at radius 3 is 2.48 bits per heavy atom. The van der Waals surface area contributed by atoms with Crippen LogP contribution in [0, 0.1) is 11.7 Å². The van der Waals surface area contributed by atoms with Gasteiger partial charge >= 0.3 is 0 Å². The molecule has 1 N–H and O–H groups in total. The molecule has 3 aromatic rings. The molecule has 1 amide bonds. The number of anilines is 1. The fraction of sp³-hybridized carbons (Fsp3) is 0.211. The van der Waals surface area contributed by atoms with Crippen LogP contribution in [0.4, 0.5) is 10.1 Å². The first-order valence-corrected chi connectivity index (χ1v) is 7.99. The molecule has 0 saturated carbocycles. The second kappa shape index (κ2) is 6.84. The highest BCUT2D eigenvalue weighted by Gasteiger charge is 2.26. The van der Waals surface area contributed by atoms with E-state index in [2.05, 4.69) is 10.3 Å². The van der Waals surface area contributed by atoms with Crippen molar-refractivity contribution in [2.45, 2.75) is 19.9 Å². The molecule has 0 aliphatic carbocycles. The van der Waals surface area contributed by atoms with E-state index in [0.717, 1.165) is 0 Å². The Labute approximate surface area is 144 Å². The van der Waals surface area contributed by atoms with Gasteiger partial charge in [-0.1, -0.05) is 26.0 Å². The van der Waals surface area contributed by atoms with E-state index in [1.54, 1.807) is 24.3 Å². The maximum Gasteiger partial charge on any atom is 0.261 e. The van der Waals surface area contributed by atoms with Gasteiger partial charge in [0.1, 0.15) is 11.9 Å². The molecule has 0 bridgehead atoms. The maximum atomic E-state index is 13.0. The fourth-order valence-electron chi connectivity index (χ4n) is 2.78. The van der Waals surface area contributed by atoms with Crippen molar-refractivity contribution in [3.63, 3.8) is 0 Å². The molecule has 0 aliphatic heterocycles. The summed E-state index contributed by atoms with van der Waals surface area (Å²) in [6.45, 7) is 3.72. The van der Waals surface area contributed by atoms with Gasteiger partial charge in [-0.2, -0.15) is 0 Å². The molecule has 0 aliphatic rings. The summed E-state index contributed by atoms with van der Waals surface area (Å²) in [4.78, 5) is 29.8. The quantitative estimate of drug-likeness (QED) is 0.792. The lowest BCUT2D eigenvalue weighted by Crippen LogP contribution is -2.36. The molecule has 2 aromatic carbocycles. The summed E-state index contributed by atoms with van der Waals surface area (Å²) < 4.78 is 14.4. The molecule has 128 valence electrons. The van der Waals surface area contributed by atoms with Gasteiger partial charge in [-0.05, 0) is 42.3 Å². The third-order valence-corrected chi connectivity index (χ3v) is 4.00. The van der Waals surface area contributed by atoms with E-state index in [1.165, 1.54) is 35.2 Å². The standard InChI is InChI=1S/C19H18FN3O2/c1-12(2)17(18(24)22-14-9-7-13(20)8-10-14)23-11-21-16-6-4-3-5-15(16)19(23)25/h3-12,17H,1-2H3,(H,22,24)/t17-/m0/s1. The Balaban J connectivity index is 1.98. The van der Waals surface area contributed by atoms with Crippen molar-refractivity contribution in [3.8, 4) is 0 Å². The number of benzene rings is 2. The summed E-state index contributed by atoms with van der Waals surface area (Å²) in [7, 11) is 0. The molecule has 0 fully saturated rings. The number of carbonyl (C=O) groups excluding carboxylic acids is 1. The SMILES string of the molecule is CC(C)[C@@H](C(=O)Nc1ccc(F)cc1)n1cnc2ccccc2c1=O. The van der Waals surface area contributed by atoms with E-state index >= 15 is 0 Å². The first-order valence-electron chi connectivity index (χ1n) is 7.99. The van der Waals surface area contributed by atoms with Crippen LogP contribution in [0.2, 0.25) is 0 Å². The molecule has 0 radical (unpaired) electrons. The van der Waals surface area contributed by atoms with Gasteiger partial charge in [0.15, 0.2) is 0 Å². The lowest BCUT2D eigenvalue weighted by atomic mass is 10.0. The van der Waals surface area contributed by atoms with Crippen molar-refractivity contribution in [2.75, 3.05) is 5.32 Å². The van der Waals surface area contributed by atoms with Gasteiger partial charge in [0.25, 0.3) is 5.56 Å². The summed E-state index contributed by atoms with van der Waals surface area (Å²) in [6, 6.07) is 11.8. The van der Waals surface area contributed by atoms with Gasteiger partial charge in [0, 0.05) is 5.69 Å². The molecule has 3 rings (SSSR count). The van der Waals surface area contributed by atoms with Crippen molar-refractivity contribution in [3.05, 3.63) is 71.0 Å². The number of hydrogen-bond donors (Lipinski definition) is 1. The number of para-hydroxylation sites is 1. The van der Waals surface area contributed by atoms with Crippen LogP contribution in [0.1, 0.15) is 19.9 Å². The molecule has 6 heteroatoms. The summed E-state index contributed by atoms with van der Waals surface area (Å²) in [5, 5.41) is 3.19. The van der Waals surface area contributed by atoms with E-state index in [9.17, 15) is 14.0 Å². The number of rotatable bonds is 4. The van der Waals surface area contributed by atoms with Crippen LogP contribution in [-0.2, 0) is 4.79 Å². The minimum absolute atomic E-state index is 0.138. The summed E-state index contributed by atoms with van der Waals surface area (Å²) in [5.41, 5.74) is 0.794. The Bertz CT molecular complexity index is 964. The number of hydrogen-bond acceptors (Lipinski definition) is 3. The van der Waals surface area contributed by atoms with Gasteiger partial charge in [-0.25, -0.2) is 9.37 Å². The van der Waals surface area contributed by atoms with E-state index < -0.39 is 6.04 Å². The predicted molar refractivity (Wildman–Crippen MR) is 94.9 cm³/mol. The molecule has 1 heterocycles. The van der Waals surface area contributed by atoms with Crippen LogP contribution in [-0.4, -0.2) is 15.5 Å². The van der Waals surface area contributed by atoms with Crippen LogP contribution >= 0.6 is 0 Å². The molecule has 0 spiro atoms.